The van der Waals surface area contributed by atoms with Gasteiger partial charge in [0.25, 0.3) is 0 Å². The van der Waals surface area contributed by atoms with E-state index >= 15 is 0 Å². The summed E-state index contributed by atoms with van der Waals surface area (Å²) in [6, 6.07) is 32.0. The Morgan fingerprint density at radius 3 is 2.25 bits per heavy atom. The van der Waals surface area contributed by atoms with E-state index in [2.05, 4.69) is 0 Å². The number of fused-ring (bicyclic) bond motifs is 1. The van der Waals surface area contributed by atoms with Crippen LogP contribution < -0.4 is 4.74 Å². The Bertz CT molecular complexity index is 1370. The van der Waals surface area contributed by atoms with Crippen molar-refractivity contribution in [3.63, 3.8) is 0 Å². The van der Waals surface area contributed by atoms with Gasteiger partial charge in [-0.15, -0.1) is 0 Å². The quantitative estimate of drug-likeness (QED) is 0.195. The van der Waals surface area contributed by atoms with Gasteiger partial charge in [0.05, 0.1) is 45.1 Å². The van der Waals surface area contributed by atoms with Gasteiger partial charge in [-0.1, -0.05) is 84.9 Å². The second-order valence-corrected chi connectivity index (χ2v) is 10.2. The molecule has 1 aliphatic heterocycles. The van der Waals surface area contributed by atoms with Crippen LogP contribution in [0.5, 0.6) is 5.75 Å². The molecule has 5 rings (SSSR count). The smallest absolute Gasteiger partial charge is 0.315 e. The number of carbonyl (C=O) groups is 1. The molecule has 6 heteroatoms. The van der Waals surface area contributed by atoms with Crippen molar-refractivity contribution < 1.29 is 28.5 Å². The molecule has 0 N–H and O–H groups in total. The Kier molecular flexibility index (Phi) is 9.45. The molecule has 0 saturated carbocycles. The van der Waals surface area contributed by atoms with Gasteiger partial charge in [-0.3, -0.25) is 4.79 Å². The molecule has 6 nitrogen and oxygen atoms in total. The van der Waals surface area contributed by atoms with Crippen LogP contribution in [-0.4, -0.2) is 38.2 Å². The summed E-state index contributed by atoms with van der Waals surface area (Å²) in [4.78, 5) is 13.2. The van der Waals surface area contributed by atoms with Crippen LogP contribution in [0.3, 0.4) is 0 Å². The number of benzene rings is 4. The van der Waals surface area contributed by atoms with Gasteiger partial charge in [0.2, 0.25) is 6.29 Å². The minimum atomic E-state index is -0.709. The molecule has 40 heavy (non-hydrogen) atoms. The highest BCUT2D eigenvalue weighted by atomic mass is 16.7. The second kappa shape index (κ2) is 13.6. The molecule has 1 saturated heterocycles. The van der Waals surface area contributed by atoms with Crippen LogP contribution in [0.15, 0.2) is 97.1 Å². The van der Waals surface area contributed by atoms with Crippen LogP contribution in [0.25, 0.3) is 10.8 Å². The van der Waals surface area contributed by atoms with E-state index in [0.29, 0.717) is 32.7 Å². The highest BCUT2D eigenvalue weighted by molar-refractivity contribution is 5.86. The monoisotopic (exact) mass is 540 g/mol. The Balaban J connectivity index is 1.22. The molecule has 4 atom stereocenters. The first-order chi connectivity index (χ1) is 19.6. The van der Waals surface area contributed by atoms with Crippen LogP contribution in [0.1, 0.15) is 42.4 Å². The lowest BCUT2D eigenvalue weighted by Crippen LogP contribution is -2.41. The summed E-state index contributed by atoms with van der Waals surface area (Å²) in [6.45, 7) is 3.23. The molecule has 1 heterocycles. The molecular weight excluding hydrogens is 504 g/mol. The maximum Gasteiger partial charge on any atom is 0.315 e. The van der Waals surface area contributed by atoms with Crippen LogP contribution in [0.4, 0.5) is 0 Å². The lowest BCUT2D eigenvalue weighted by atomic mass is 9.97. The highest BCUT2D eigenvalue weighted by Crippen LogP contribution is 2.29. The molecular formula is C34H36O6. The number of hydrogen-bond acceptors (Lipinski definition) is 6. The SMILES string of the molecule is COc1ccc2cc(C(C)C(=O)OC3CC(OCc4ccccc4)CC(COCc4ccccc4)O3)ccc2c1. The molecule has 1 aliphatic rings. The summed E-state index contributed by atoms with van der Waals surface area (Å²) in [5.74, 6) is 0.0208. The molecule has 0 spiro atoms. The Morgan fingerprint density at radius 2 is 1.52 bits per heavy atom. The van der Waals surface area contributed by atoms with Gasteiger partial charge in [-0.25, -0.2) is 0 Å². The third-order valence-electron chi connectivity index (χ3n) is 7.24. The summed E-state index contributed by atoms with van der Waals surface area (Å²) in [5, 5.41) is 2.09. The van der Waals surface area contributed by atoms with Gasteiger partial charge in [-0.2, -0.15) is 0 Å². The van der Waals surface area contributed by atoms with Crippen LogP contribution in [-0.2, 0) is 37.0 Å². The first-order valence-corrected chi connectivity index (χ1v) is 13.8. The van der Waals surface area contributed by atoms with Crippen LogP contribution in [0, 0.1) is 0 Å². The highest BCUT2D eigenvalue weighted by Gasteiger charge is 2.34. The zero-order valence-corrected chi connectivity index (χ0v) is 23.0. The predicted octanol–water partition coefficient (Wildman–Crippen LogP) is 6.80. The minimum Gasteiger partial charge on any atom is -0.497 e. The summed E-state index contributed by atoms with van der Waals surface area (Å²) >= 11 is 0. The topological polar surface area (TPSA) is 63.2 Å². The number of rotatable bonds is 11. The molecule has 4 unspecified atom stereocenters. The third kappa shape index (κ3) is 7.48. The fraction of sp³-hybridized carbons (Fsp3) is 0.324. The van der Waals surface area contributed by atoms with Gasteiger partial charge >= 0.3 is 5.97 Å². The van der Waals surface area contributed by atoms with Crippen molar-refractivity contribution >= 4 is 16.7 Å². The van der Waals surface area contributed by atoms with E-state index in [9.17, 15) is 4.79 Å². The molecule has 4 aromatic rings. The number of carbonyl (C=O) groups excluding carboxylic acids is 1. The first kappa shape index (κ1) is 27.8. The van der Waals surface area contributed by atoms with Gasteiger partial charge in [0.1, 0.15) is 5.75 Å². The van der Waals surface area contributed by atoms with Crippen LogP contribution in [0.2, 0.25) is 0 Å². The van der Waals surface area contributed by atoms with Crippen molar-refractivity contribution in [1.29, 1.82) is 0 Å². The molecule has 208 valence electrons. The zero-order valence-electron chi connectivity index (χ0n) is 23.0. The van der Waals surface area contributed by atoms with Crippen molar-refractivity contribution in [1.82, 2.24) is 0 Å². The average molecular weight is 541 g/mol. The molecule has 0 bridgehead atoms. The Hall–Kier alpha value is -3.71. The van der Waals surface area contributed by atoms with Crippen molar-refractivity contribution in [2.24, 2.45) is 0 Å². The van der Waals surface area contributed by atoms with E-state index in [4.69, 9.17) is 23.7 Å². The fourth-order valence-corrected chi connectivity index (χ4v) is 4.93. The molecule has 4 aromatic carbocycles. The van der Waals surface area contributed by atoms with E-state index in [1.165, 1.54) is 0 Å². The van der Waals surface area contributed by atoms with Crippen molar-refractivity contribution in [3.05, 3.63) is 114 Å². The summed E-state index contributed by atoms with van der Waals surface area (Å²) in [7, 11) is 1.65. The number of methoxy groups -OCH3 is 1. The standard InChI is InChI=1S/C34H36O6/c1-24(27-13-14-29-18-30(36-2)16-15-28(29)17-27)34(35)40-33-20-31(38-22-26-11-7-4-8-12-26)19-32(39-33)23-37-21-25-9-5-3-6-10-25/h3-18,24,31-33H,19-23H2,1-2H3. The van der Waals surface area contributed by atoms with Gasteiger partial charge in [-0.05, 0) is 46.5 Å². The predicted molar refractivity (Wildman–Crippen MR) is 154 cm³/mol. The summed E-state index contributed by atoms with van der Waals surface area (Å²) in [5.41, 5.74) is 3.08. The summed E-state index contributed by atoms with van der Waals surface area (Å²) in [6.07, 6.45) is 0.0571. The van der Waals surface area contributed by atoms with E-state index < -0.39 is 12.2 Å². The van der Waals surface area contributed by atoms with E-state index in [1.807, 2.05) is 104 Å². The molecule has 1 fully saturated rings. The number of hydrogen-bond donors (Lipinski definition) is 0. The van der Waals surface area contributed by atoms with E-state index in [1.54, 1.807) is 7.11 Å². The molecule has 0 aromatic heterocycles. The maximum atomic E-state index is 13.2. The van der Waals surface area contributed by atoms with Gasteiger partial charge < -0.3 is 23.7 Å². The van der Waals surface area contributed by atoms with E-state index in [-0.39, 0.29) is 18.2 Å². The first-order valence-electron chi connectivity index (χ1n) is 13.8. The average Bonchev–Trinajstić information content (AvgIpc) is 3.00. The molecule has 0 aliphatic carbocycles. The fourth-order valence-electron chi connectivity index (χ4n) is 4.93. The normalized spacial score (nSPS) is 19.7. The number of ether oxygens (including phenoxy) is 5. The Labute approximate surface area is 235 Å². The maximum absolute atomic E-state index is 13.2. The lowest BCUT2D eigenvalue weighted by Gasteiger charge is -2.35. The summed E-state index contributed by atoms with van der Waals surface area (Å²) < 4.78 is 29.7. The van der Waals surface area contributed by atoms with Crippen molar-refractivity contribution in [2.45, 2.75) is 57.4 Å². The van der Waals surface area contributed by atoms with Crippen LogP contribution >= 0.6 is 0 Å². The molecule has 0 radical (unpaired) electrons. The van der Waals surface area contributed by atoms with Gasteiger partial charge in [0, 0.05) is 12.8 Å². The van der Waals surface area contributed by atoms with Crippen molar-refractivity contribution in [2.75, 3.05) is 13.7 Å². The van der Waals surface area contributed by atoms with Gasteiger partial charge in [0.15, 0.2) is 0 Å². The van der Waals surface area contributed by atoms with Crippen molar-refractivity contribution in [3.8, 4) is 5.75 Å². The Morgan fingerprint density at radius 1 is 0.850 bits per heavy atom. The minimum absolute atomic E-state index is 0.122. The molecule has 0 amide bonds. The third-order valence-corrected chi connectivity index (χ3v) is 7.24. The van der Waals surface area contributed by atoms with E-state index in [0.717, 1.165) is 33.2 Å². The zero-order chi connectivity index (χ0) is 27.7. The number of esters is 1. The largest absolute Gasteiger partial charge is 0.497 e. The lowest BCUT2D eigenvalue weighted by molar-refractivity contribution is -0.230. The second-order valence-electron chi connectivity index (χ2n) is 10.2.